The monoisotopic (exact) mass is 252 g/mol. The molecule has 1 aromatic heterocycles. The van der Waals surface area contributed by atoms with E-state index in [4.69, 9.17) is 4.42 Å². The van der Waals surface area contributed by atoms with Crippen molar-refractivity contribution in [3.05, 3.63) is 5.89 Å². The smallest absolute Gasteiger partial charge is 0.315 e. The van der Waals surface area contributed by atoms with E-state index in [0.29, 0.717) is 18.5 Å². The molecule has 0 amide bonds. The molecule has 1 aliphatic carbocycles. The lowest BCUT2D eigenvalue weighted by Crippen LogP contribution is -2.12. The minimum Gasteiger partial charge on any atom is -0.407 e. The van der Waals surface area contributed by atoms with Gasteiger partial charge in [-0.05, 0) is 18.9 Å². The zero-order valence-corrected chi connectivity index (χ0v) is 11.2. The second-order valence-electron chi connectivity index (χ2n) is 5.00. The van der Waals surface area contributed by atoms with Gasteiger partial charge < -0.3 is 15.1 Å². The van der Waals surface area contributed by atoms with Crippen molar-refractivity contribution in [3.63, 3.8) is 0 Å². The Kier molecular flexibility index (Phi) is 5.45. The lowest BCUT2D eigenvalue weighted by Gasteiger charge is -2.21. The fourth-order valence-electron chi connectivity index (χ4n) is 2.49. The van der Waals surface area contributed by atoms with E-state index in [0.717, 1.165) is 19.0 Å². The SMILES string of the molecule is CCNCc1nnc(NCCC2CCCCC2)o1. The number of aromatic nitrogens is 2. The van der Waals surface area contributed by atoms with E-state index >= 15 is 0 Å². The van der Waals surface area contributed by atoms with Gasteiger partial charge >= 0.3 is 6.01 Å². The Morgan fingerprint density at radius 1 is 1.22 bits per heavy atom. The van der Waals surface area contributed by atoms with Crippen molar-refractivity contribution in [2.75, 3.05) is 18.4 Å². The summed E-state index contributed by atoms with van der Waals surface area (Å²) in [5.74, 6) is 1.53. The molecule has 0 aliphatic heterocycles. The van der Waals surface area contributed by atoms with Crippen LogP contribution >= 0.6 is 0 Å². The number of rotatable bonds is 7. The highest BCUT2D eigenvalue weighted by Gasteiger charge is 2.13. The third kappa shape index (κ3) is 4.29. The van der Waals surface area contributed by atoms with Crippen LogP contribution in [0.15, 0.2) is 4.42 Å². The Balaban J connectivity index is 1.64. The lowest BCUT2D eigenvalue weighted by atomic mass is 9.87. The van der Waals surface area contributed by atoms with Crippen molar-refractivity contribution in [3.8, 4) is 0 Å². The highest BCUT2D eigenvalue weighted by molar-refractivity contribution is 5.16. The van der Waals surface area contributed by atoms with Gasteiger partial charge in [0, 0.05) is 6.54 Å². The van der Waals surface area contributed by atoms with Gasteiger partial charge in [-0.15, -0.1) is 5.10 Å². The van der Waals surface area contributed by atoms with Crippen LogP contribution in [0, 0.1) is 5.92 Å². The van der Waals surface area contributed by atoms with Crippen LogP contribution in [0.25, 0.3) is 0 Å². The first-order valence-corrected chi connectivity index (χ1v) is 7.15. The Labute approximate surface area is 109 Å². The van der Waals surface area contributed by atoms with Crippen molar-refractivity contribution in [2.24, 2.45) is 5.92 Å². The van der Waals surface area contributed by atoms with E-state index < -0.39 is 0 Å². The van der Waals surface area contributed by atoms with Crippen molar-refractivity contribution >= 4 is 6.01 Å². The molecule has 18 heavy (non-hydrogen) atoms. The van der Waals surface area contributed by atoms with Crippen LogP contribution in [0.1, 0.15) is 51.3 Å². The van der Waals surface area contributed by atoms with Crippen LogP contribution in [0.5, 0.6) is 0 Å². The van der Waals surface area contributed by atoms with Crippen LogP contribution in [-0.4, -0.2) is 23.3 Å². The van der Waals surface area contributed by atoms with E-state index in [9.17, 15) is 0 Å². The molecule has 1 aliphatic rings. The molecule has 5 nitrogen and oxygen atoms in total. The summed E-state index contributed by atoms with van der Waals surface area (Å²) in [6.45, 7) is 4.55. The number of anilines is 1. The minimum atomic E-state index is 0.554. The quantitative estimate of drug-likeness (QED) is 0.781. The molecule has 0 bridgehead atoms. The first kappa shape index (κ1) is 13.3. The second-order valence-corrected chi connectivity index (χ2v) is 5.00. The van der Waals surface area contributed by atoms with Gasteiger partial charge in [-0.3, -0.25) is 0 Å². The molecule has 1 aromatic rings. The fourth-order valence-corrected chi connectivity index (χ4v) is 2.49. The average Bonchev–Trinajstić information content (AvgIpc) is 2.85. The molecular weight excluding hydrogens is 228 g/mol. The number of nitrogens with zero attached hydrogens (tertiary/aromatic N) is 2. The topological polar surface area (TPSA) is 63.0 Å². The predicted molar refractivity (Wildman–Crippen MR) is 71.4 cm³/mol. The molecule has 0 spiro atoms. The van der Waals surface area contributed by atoms with E-state index in [2.05, 4.69) is 27.8 Å². The van der Waals surface area contributed by atoms with Crippen molar-refractivity contribution in [1.29, 1.82) is 0 Å². The molecular formula is C13H24N4O. The summed E-state index contributed by atoms with van der Waals surface area (Å²) in [5, 5.41) is 14.3. The minimum absolute atomic E-state index is 0.554. The molecule has 0 unspecified atom stereocenters. The van der Waals surface area contributed by atoms with Crippen molar-refractivity contribution in [2.45, 2.75) is 52.0 Å². The molecule has 0 atom stereocenters. The molecule has 1 heterocycles. The standard InChI is InChI=1S/C13H24N4O/c1-2-14-10-12-16-17-13(18-12)15-9-8-11-6-4-3-5-7-11/h11,14H,2-10H2,1H3,(H,15,17). The number of hydrogen-bond donors (Lipinski definition) is 2. The molecule has 0 saturated heterocycles. The Morgan fingerprint density at radius 2 is 2.06 bits per heavy atom. The molecule has 5 heteroatoms. The van der Waals surface area contributed by atoms with E-state index in [1.54, 1.807) is 0 Å². The summed E-state index contributed by atoms with van der Waals surface area (Å²) in [5.41, 5.74) is 0. The van der Waals surface area contributed by atoms with E-state index in [1.165, 1.54) is 38.5 Å². The molecule has 2 N–H and O–H groups in total. The maximum Gasteiger partial charge on any atom is 0.315 e. The normalized spacial score (nSPS) is 16.9. The average molecular weight is 252 g/mol. The maximum absolute atomic E-state index is 5.48. The number of hydrogen-bond acceptors (Lipinski definition) is 5. The van der Waals surface area contributed by atoms with Gasteiger partial charge in [0.15, 0.2) is 0 Å². The summed E-state index contributed by atoms with van der Waals surface area (Å²) >= 11 is 0. The zero-order valence-electron chi connectivity index (χ0n) is 11.2. The third-order valence-electron chi connectivity index (χ3n) is 3.55. The van der Waals surface area contributed by atoms with Gasteiger partial charge in [0.25, 0.3) is 0 Å². The van der Waals surface area contributed by atoms with Gasteiger partial charge in [-0.1, -0.05) is 44.1 Å². The van der Waals surface area contributed by atoms with Gasteiger partial charge in [-0.25, -0.2) is 0 Å². The largest absolute Gasteiger partial charge is 0.407 e. The molecule has 2 rings (SSSR count). The van der Waals surface area contributed by atoms with Crippen LogP contribution in [0.4, 0.5) is 6.01 Å². The lowest BCUT2D eigenvalue weighted by molar-refractivity contribution is 0.344. The van der Waals surface area contributed by atoms with E-state index in [1.807, 2.05) is 0 Å². The highest BCUT2D eigenvalue weighted by atomic mass is 16.4. The van der Waals surface area contributed by atoms with Gasteiger partial charge in [-0.2, -0.15) is 0 Å². The summed E-state index contributed by atoms with van der Waals surface area (Å²) in [6.07, 6.45) is 8.21. The summed E-state index contributed by atoms with van der Waals surface area (Å²) in [6, 6.07) is 0.554. The van der Waals surface area contributed by atoms with Crippen molar-refractivity contribution < 1.29 is 4.42 Å². The predicted octanol–water partition coefficient (Wildman–Crippen LogP) is 2.56. The Hall–Kier alpha value is -1.10. The Morgan fingerprint density at radius 3 is 2.83 bits per heavy atom. The summed E-state index contributed by atoms with van der Waals surface area (Å²) in [7, 11) is 0. The van der Waals surface area contributed by atoms with Crippen LogP contribution < -0.4 is 10.6 Å². The van der Waals surface area contributed by atoms with Crippen LogP contribution in [0.3, 0.4) is 0 Å². The van der Waals surface area contributed by atoms with Crippen molar-refractivity contribution in [1.82, 2.24) is 15.5 Å². The summed E-state index contributed by atoms with van der Waals surface area (Å²) < 4.78 is 5.48. The summed E-state index contributed by atoms with van der Waals surface area (Å²) in [4.78, 5) is 0. The highest BCUT2D eigenvalue weighted by Crippen LogP contribution is 2.26. The number of nitrogens with one attached hydrogen (secondary N) is 2. The molecule has 1 saturated carbocycles. The molecule has 0 aromatic carbocycles. The second kappa shape index (κ2) is 7.36. The first-order valence-electron chi connectivity index (χ1n) is 7.15. The first-order chi connectivity index (χ1) is 8.88. The van der Waals surface area contributed by atoms with Gasteiger partial charge in [0.2, 0.25) is 5.89 Å². The van der Waals surface area contributed by atoms with Crippen LogP contribution in [0.2, 0.25) is 0 Å². The fraction of sp³-hybridized carbons (Fsp3) is 0.846. The van der Waals surface area contributed by atoms with E-state index in [-0.39, 0.29) is 0 Å². The molecule has 102 valence electrons. The van der Waals surface area contributed by atoms with Gasteiger partial charge in [0.1, 0.15) is 0 Å². The molecule has 1 fully saturated rings. The maximum atomic E-state index is 5.48. The molecule has 0 radical (unpaired) electrons. The zero-order chi connectivity index (χ0) is 12.6. The van der Waals surface area contributed by atoms with Crippen LogP contribution in [-0.2, 0) is 6.54 Å². The van der Waals surface area contributed by atoms with Gasteiger partial charge in [0.05, 0.1) is 6.54 Å². The third-order valence-corrected chi connectivity index (χ3v) is 3.55. The Bertz CT molecular complexity index is 333.